The van der Waals surface area contributed by atoms with E-state index in [9.17, 15) is 23.2 Å². The molecular weight excluding hydrogens is 640 g/mol. The molecule has 2 aliphatic heterocycles. The second kappa shape index (κ2) is 13.1. The van der Waals surface area contributed by atoms with Gasteiger partial charge in [0.25, 0.3) is 11.8 Å². The van der Waals surface area contributed by atoms with Gasteiger partial charge in [-0.05, 0) is 54.1 Å². The molecular formula is C35H35F2N5O5S. The van der Waals surface area contributed by atoms with Crippen LogP contribution in [-0.4, -0.2) is 66.6 Å². The standard InChI is InChI=1S/C35H35F2N5O5S/c1-4-22(16-39-21(3)38)24-14-30(48-18-24)20(2)41-33(45)29-15-34(46-11-12-47-34)19-42(29)31(43)17-40-32(44)23-9-10-28-26(13-23)25-7-5-6-8-27(25)35(28,36)37/h4-10,13-14,16,18,20,29H,1,11-12,15,17,19H2,2-3H3,(H2,38,39)(H,40,44)(H,41,45)/b22-16+/t20-,29?/m1/s1. The topological polar surface area (TPSA) is 135 Å². The molecule has 3 amide bonds. The Kier molecular flexibility index (Phi) is 9.03. The number of amides is 3. The lowest BCUT2D eigenvalue weighted by molar-refractivity contribution is -0.152. The van der Waals surface area contributed by atoms with E-state index in [0.29, 0.717) is 24.6 Å². The van der Waals surface area contributed by atoms with Crippen LogP contribution in [0.15, 0.2) is 77.8 Å². The van der Waals surface area contributed by atoms with Gasteiger partial charge in [0.15, 0.2) is 5.79 Å². The molecule has 2 fully saturated rings. The minimum absolute atomic E-state index is 0.0105. The molecule has 3 aliphatic rings. The lowest BCUT2D eigenvalue weighted by Gasteiger charge is -2.25. The molecule has 3 heterocycles. The first-order valence-electron chi connectivity index (χ1n) is 15.4. The number of allylic oxidation sites excluding steroid dienone is 2. The van der Waals surface area contributed by atoms with Gasteiger partial charge in [0.05, 0.1) is 38.2 Å². The van der Waals surface area contributed by atoms with E-state index in [1.54, 1.807) is 37.4 Å². The first-order chi connectivity index (χ1) is 22.9. The van der Waals surface area contributed by atoms with Crippen LogP contribution in [0, 0.1) is 0 Å². The molecule has 0 saturated carbocycles. The van der Waals surface area contributed by atoms with Crippen molar-refractivity contribution in [2.75, 3.05) is 26.3 Å². The summed E-state index contributed by atoms with van der Waals surface area (Å²) in [5.74, 6) is -5.39. The Morgan fingerprint density at radius 1 is 1.12 bits per heavy atom. The van der Waals surface area contributed by atoms with Crippen molar-refractivity contribution in [3.05, 3.63) is 99.9 Å². The summed E-state index contributed by atoms with van der Waals surface area (Å²) < 4.78 is 41.6. The largest absolute Gasteiger partial charge is 0.387 e. The molecule has 2 atom stereocenters. The maximum Gasteiger partial charge on any atom is 0.299 e. The fourth-order valence-electron chi connectivity index (χ4n) is 6.25. The van der Waals surface area contributed by atoms with Crippen molar-refractivity contribution >= 4 is 40.5 Å². The van der Waals surface area contributed by atoms with E-state index in [-0.39, 0.29) is 35.2 Å². The van der Waals surface area contributed by atoms with Crippen LogP contribution in [0.4, 0.5) is 8.78 Å². The van der Waals surface area contributed by atoms with E-state index < -0.39 is 48.1 Å². The molecule has 3 aromatic rings. The highest BCUT2D eigenvalue weighted by Crippen LogP contribution is 2.51. The zero-order valence-corrected chi connectivity index (χ0v) is 27.2. The normalized spacial score (nSPS) is 19.9. The molecule has 1 aliphatic carbocycles. The molecule has 13 heteroatoms. The molecule has 2 aromatic carbocycles. The van der Waals surface area contributed by atoms with Crippen LogP contribution < -0.4 is 16.4 Å². The number of nitrogens with zero attached hydrogens (tertiary/aromatic N) is 2. The minimum atomic E-state index is -3.17. The Morgan fingerprint density at radius 3 is 2.58 bits per heavy atom. The number of hydrogen-bond donors (Lipinski definition) is 3. The highest BCUT2D eigenvalue weighted by molar-refractivity contribution is 7.10. The number of rotatable bonds is 9. The van der Waals surface area contributed by atoms with Gasteiger partial charge in [-0.3, -0.25) is 14.4 Å². The van der Waals surface area contributed by atoms with E-state index >= 15 is 0 Å². The number of carbonyl (C=O) groups is 3. The Morgan fingerprint density at radius 2 is 1.85 bits per heavy atom. The SMILES string of the molecule is C=C/C(=C\N=C(C)N)c1csc([C@@H](C)NC(=O)C2CC3(CN2C(=O)CNC(=O)c2ccc4c(c2)-c2ccccc2C4(F)F)OCCO3)c1. The van der Waals surface area contributed by atoms with Gasteiger partial charge in [-0.25, -0.2) is 4.99 Å². The molecule has 1 aromatic heterocycles. The minimum Gasteiger partial charge on any atom is -0.387 e. The summed E-state index contributed by atoms with van der Waals surface area (Å²) in [5.41, 5.74) is 7.77. The van der Waals surface area contributed by atoms with Crippen LogP contribution in [0.5, 0.6) is 0 Å². The second-order valence-corrected chi connectivity index (χ2v) is 12.9. The number of amidine groups is 1. The van der Waals surface area contributed by atoms with Crippen LogP contribution in [0.25, 0.3) is 16.7 Å². The van der Waals surface area contributed by atoms with Crippen LogP contribution in [0.3, 0.4) is 0 Å². The molecule has 6 rings (SSSR count). The molecule has 48 heavy (non-hydrogen) atoms. The number of fused-ring (bicyclic) bond motifs is 3. The third-order valence-corrected chi connectivity index (χ3v) is 9.79. The number of ether oxygens (including phenoxy) is 2. The van der Waals surface area contributed by atoms with Gasteiger partial charge in [0.2, 0.25) is 11.8 Å². The Hall–Kier alpha value is -4.72. The number of benzene rings is 2. The summed E-state index contributed by atoms with van der Waals surface area (Å²) in [4.78, 5) is 46.7. The summed E-state index contributed by atoms with van der Waals surface area (Å²) in [6.07, 6.45) is 3.42. The smallest absolute Gasteiger partial charge is 0.299 e. The summed E-state index contributed by atoms with van der Waals surface area (Å²) in [7, 11) is 0. The van der Waals surface area contributed by atoms with Gasteiger partial charge in [-0.1, -0.05) is 43.0 Å². The molecule has 250 valence electrons. The van der Waals surface area contributed by atoms with E-state index in [4.69, 9.17) is 15.2 Å². The summed E-state index contributed by atoms with van der Waals surface area (Å²) >= 11 is 1.46. The van der Waals surface area contributed by atoms with Gasteiger partial charge in [0, 0.05) is 39.8 Å². The highest BCUT2D eigenvalue weighted by Gasteiger charge is 2.52. The third-order valence-electron chi connectivity index (χ3n) is 8.67. The van der Waals surface area contributed by atoms with Gasteiger partial charge in [-0.2, -0.15) is 8.78 Å². The van der Waals surface area contributed by atoms with Crippen LogP contribution in [0.2, 0.25) is 0 Å². The number of alkyl halides is 2. The first kappa shape index (κ1) is 33.2. The Balaban J connectivity index is 1.14. The number of carbonyl (C=O) groups excluding carboxylic acids is 3. The van der Waals surface area contributed by atoms with Crippen LogP contribution in [-0.2, 0) is 25.0 Å². The zero-order chi connectivity index (χ0) is 34.2. The van der Waals surface area contributed by atoms with Gasteiger partial charge >= 0.3 is 0 Å². The maximum absolute atomic E-state index is 15.0. The van der Waals surface area contributed by atoms with Crippen molar-refractivity contribution in [2.24, 2.45) is 10.7 Å². The first-order valence-corrected chi connectivity index (χ1v) is 16.3. The predicted octanol–water partition coefficient (Wildman–Crippen LogP) is 4.72. The number of halogens is 2. The van der Waals surface area contributed by atoms with Crippen molar-refractivity contribution in [1.82, 2.24) is 15.5 Å². The Bertz CT molecular complexity index is 1840. The lowest BCUT2D eigenvalue weighted by Crippen LogP contribution is -2.49. The molecule has 1 spiro atoms. The van der Waals surface area contributed by atoms with Gasteiger partial charge in [0.1, 0.15) is 6.04 Å². The van der Waals surface area contributed by atoms with Crippen molar-refractivity contribution in [1.29, 1.82) is 0 Å². The number of thiophene rings is 1. The molecule has 4 N–H and O–H groups in total. The predicted molar refractivity (Wildman–Crippen MR) is 178 cm³/mol. The molecule has 10 nitrogen and oxygen atoms in total. The van der Waals surface area contributed by atoms with Crippen LogP contribution in [0.1, 0.15) is 58.2 Å². The fourth-order valence-corrected chi connectivity index (χ4v) is 7.17. The number of nitrogens with two attached hydrogens (primary N) is 1. The monoisotopic (exact) mass is 675 g/mol. The lowest BCUT2D eigenvalue weighted by atomic mass is 10.0. The highest BCUT2D eigenvalue weighted by atomic mass is 32.1. The molecule has 0 bridgehead atoms. The van der Waals surface area contributed by atoms with E-state index in [1.165, 1.54) is 40.5 Å². The molecule has 0 radical (unpaired) electrons. The summed E-state index contributed by atoms with van der Waals surface area (Å²) in [5, 5.41) is 7.53. The fraction of sp³-hybridized carbons (Fsp3) is 0.314. The zero-order valence-electron chi connectivity index (χ0n) is 26.4. The van der Waals surface area contributed by atoms with E-state index in [0.717, 1.165) is 16.0 Å². The van der Waals surface area contributed by atoms with E-state index in [2.05, 4.69) is 22.2 Å². The van der Waals surface area contributed by atoms with Crippen molar-refractivity contribution in [3.63, 3.8) is 0 Å². The average molecular weight is 676 g/mol. The molecule has 1 unspecified atom stereocenters. The quantitative estimate of drug-likeness (QED) is 0.171. The molecule has 2 saturated heterocycles. The Labute approximate surface area is 280 Å². The van der Waals surface area contributed by atoms with Crippen molar-refractivity contribution in [2.45, 2.75) is 44.1 Å². The maximum atomic E-state index is 15.0. The number of likely N-dealkylation sites (tertiary alicyclic amines) is 1. The second-order valence-electron chi connectivity index (χ2n) is 11.9. The average Bonchev–Trinajstić information content (AvgIpc) is 3.87. The van der Waals surface area contributed by atoms with Gasteiger partial charge in [-0.15, -0.1) is 11.3 Å². The van der Waals surface area contributed by atoms with Crippen molar-refractivity contribution in [3.8, 4) is 11.1 Å². The van der Waals surface area contributed by atoms with Gasteiger partial charge < -0.3 is 30.7 Å². The summed E-state index contributed by atoms with van der Waals surface area (Å²) in [6, 6.07) is 10.8. The third kappa shape index (κ3) is 6.28. The van der Waals surface area contributed by atoms with Crippen molar-refractivity contribution < 1.29 is 32.6 Å². The summed E-state index contributed by atoms with van der Waals surface area (Å²) in [6.45, 7) is 7.61. The number of hydrogen-bond acceptors (Lipinski definition) is 7. The van der Waals surface area contributed by atoms with E-state index in [1.807, 2.05) is 18.4 Å². The number of aliphatic imine (C=N–C) groups is 1. The van der Waals surface area contributed by atoms with Crippen LogP contribution >= 0.6 is 11.3 Å². The number of nitrogens with one attached hydrogen (secondary N) is 2.